The second-order valence-corrected chi connectivity index (χ2v) is 5.25. The van der Waals surface area contributed by atoms with E-state index in [0.29, 0.717) is 0 Å². The van der Waals surface area contributed by atoms with E-state index >= 15 is 0 Å². The Labute approximate surface area is 118 Å². The Bertz CT molecular complexity index is 567. The van der Waals surface area contributed by atoms with Crippen molar-refractivity contribution in [2.24, 2.45) is 5.92 Å². The monoisotopic (exact) mass is 270 g/mol. The number of hydrogen-bond acceptors (Lipinski definition) is 4. The van der Waals surface area contributed by atoms with Crippen molar-refractivity contribution in [3.05, 3.63) is 54.1 Å². The highest BCUT2D eigenvalue weighted by atomic mass is 16.5. The quantitative estimate of drug-likeness (QED) is 0.927. The van der Waals surface area contributed by atoms with E-state index in [2.05, 4.69) is 9.97 Å². The van der Waals surface area contributed by atoms with Crippen molar-refractivity contribution in [2.45, 2.75) is 24.9 Å². The number of ether oxygens (including phenoxy) is 1. The Kier molecular flexibility index (Phi) is 3.40. The lowest BCUT2D eigenvalue weighted by atomic mass is 9.67. The first-order chi connectivity index (χ1) is 9.75. The summed E-state index contributed by atoms with van der Waals surface area (Å²) in [6, 6.07) is 7.60. The lowest BCUT2D eigenvalue weighted by molar-refractivity contribution is -0.0205. The van der Waals surface area contributed by atoms with Crippen LogP contribution in [-0.4, -0.2) is 22.2 Å². The van der Waals surface area contributed by atoms with Crippen LogP contribution in [0.1, 0.15) is 30.4 Å². The van der Waals surface area contributed by atoms with Gasteiger partial charge in [0.05, 0.1) is 7.11 Å². The molecule has 2 aromatic rings. The second-order valence-electron chi connectivity index (χ2n) is 5.25. The van der Waals surface area contributed by atoms with Gasteiger partial charge in [-0.3, -0.25) is 0 Å². The lowest BCUT2D eigenvalue weighted by Gasteiger charge is -2.42. The molecule has 1 unspecified atom stereocenters. The Morgan fingerprint density at radius 3 is 2.25 bits per heavy atom. The van der Waals surface area contributed by atoms with Crippen LogP contribution < -0.4 is 4.74 Å². The molecule has 104 valence electrons. The SMILES string of the molecule is COc1ccc(C(O)(c2cncnc2)C2CCC2)cc1. The molecule has 0 saturated heterocycles. The van der Waals surface area contributed by atoms with E-state index in [1.807, 2.05) is 24.3 Å². The number of methoxy groups -OCH3 is 1. The molecule has 0 radical (unpaired) electrons. The van der Waals surface area contributed by atoms with Crippen LogP contribution in [-0.2, 0) is 5.60 Å². The van der Waals surface area contributed by atoms with Crippen molar-refractivity contribution in [1.82, 2.24) is 9.97 Å². The highest BCUT2D eigenvalue weighted by Gasteiger charge is 2.43. The first kappa shape index (κ1) is 13.1. The largest absolute Gasteiger partial charge is 0.497 e. The lowest BCUT2D eigenvalue weighted by Crippen LogP contribution is -2.40. The summed E-state index contributed by atoms with van der Waals surface area (Å²) in [5.74, 6) is 1.01. The summed E-state index contributed by atoms with van der Waals surface area (Å²) in [6.07, 6.45) is 8.11. The number of hydrogen-bond donors (Lipinski definition) is 1. The van der Waals surface area contributed by atoms with Crippen molar-refractivity contribution in [1.29, 1.82) is 0 Å². The molecule has 4 nitrogen and oxygen atoms in total. The summed E-state index contributed by atoms with van der Waals surface area (Å²) in [6.45, 7) is 0. The van der Waals surface area contributed by atoms with Gasteiger partial charge >= 0.3 is 0 Å². The van der Waals surface area contributed by atoms with E-state index in [4.69, 9.17) is 4.74 Å². The fourth-order valence-corrected chi connectivity index (χ4v) is 2.81. The zero-order valence-electron chi connectivity index (χ0n) is 11.5. The number of rotatable bonds is 4. The van der Waals surface area contributed by atoms with Gasteiger partial charge in [-0.1, -0.05) is 18.6 Å². The van der Waals surface area contributed by atoms with Crippen LogP contribution in [0.15, 0.2) is 43.0 Å². The number of aromatic nitrogens is 2. The maximum Gasteiger partial charge on any atom is 0.120 e. The first-order valence-electron chi connectivity index (χ1n) is 6.87. The second kappa shape index (κ2) is 5.21. The number of aliphatic hydroxyl groups is 1. The molecule has 0 amide bonds. The molecule has 1 aromatic heterocycles. The summed E-state index contributed by atoms with van der Waals surface area (Å²) < 4.78 is 5.18. The minimum atomic E-state index is -1.01. The van der Waals surface area contributed by atoms with Crippen LogP contribution in [0, 0.1) is 5.92 Å². The van der Waals surface area contributed by atoms with Crippen LogP contribution >= 0.6 is 0 Å². The van der Waals surface area contributed by atoms with Gasteiger partial charge in [-0.25, -0.2) is 9.97 Å². The molecule has 3 rings (SSSR count). The minimum absolute atomic E-state index is 0.224. The van der Waals surface area contributed by atoms with Gasteiger partial charge in [0, 0.05) is 18.0 Å². The first-order valence-corrected chi connectivity index (χ1v) is 6.87. The maximum atomic E-state index is 11.3. The summed E-state index contributed by atoms with van der Waals surface area (Å²) in [5, 5.41) is 11.3. The molecule has 4 heteroatoms. The Hall–Kier alpha value is -1.94. The van der Waals surface area contributed by atoms with Crippen molar-refractivity contribution in [3.63, 3.8) is 0 Å². The molecule has 0 spiro atoms. The van der Waals surface area contributed by atoms with Crippen LogP contribution in [0.4, 0.5) is 0 Å². The van der Waals surface area contributed by atoms with Gasteiger partial charge in [0.25, 0.3) is 0 Å². The van der Waals surface area contributed by atoms with E-state index in [9.17, 15) is 5.11 Å². The third kappa shape index (κ3) is 2.06. The van der Waals surface area contributed by atoms with Crippen molar-refractivity contribution in [3.8, 4) is 5.75 Å². The Morgan fingerprint density at radius 2 is 1.75 bits per heavy atom. The molecule has 1 aromatic carbocycles. The Morgan fingerprint density at radius 1 is 1.10 bits per heavy atom. The predicted molar refractivity (Wildman–Crippen MR) is 75.4 cm³/mol. The fraction of sp³-hybridized carbons (Fsp3) is 0.375. The van der Waals surface area contributed by atoms with Crippen LogP contribution in [0.2, 0.25) is 0 Å². The van der Waals surface area contributed by atoms with Crippen LogP contribution in [0.5, 0.6) is 5.75 Å². The van der Waals surface area contributed by atoms with Crippen molar-refractivity contribution < 1.29 is 9.84 Å². The van der Waals surface area contributed by atoms with E-state index in [-0.39, 0.29) is 5.92 Å². The molecular formula is C16H18N2O2. The molecule has 1 aliphatic carbocycles. The molecule has 0 aliphatic heterocycles. The summed E-state index contributed by atoms with van der Waals surface area (Å²) in [5.41, 5.74) is 0.624. The highest BCUT2D eigenvalue weighted by Crippen LogP contribution is 2.46. The van der Waals surface area contributed by atoms with Gasteiger partial charge in [-0.2, -0.15) is 0 Å². The predicted octanol–water partition coefficient (Wildman–Crippen LogP) is 2.52. The molecule has 1 heterocycles. The smallest absolute Gasteiger partial charge is 0.120 e. The van der Waals surface area contributed by atoms with Gasteiger partial charge < -0.3 is 9.84 Å². The maximum absolute atomic E-state index is 11.3. The average molecular weight is 270 g/mol. The van der Waals surface area contributed by atoms with Gasteiger partial charge in [-0.15, -0.1) is 0 Å². The third-order valence-corrected chi connectivity index (χ3v) is 4.23. The standard InChI is InChI=1S/C16H18N2O2/c1-20-15-7-5-13(6-8-15)16(19,12-3-2-4-12)14-9-17-11-18-10-14/h5-12,19H,2-4H2,1H3. The van der Waals surface area contributed by atoms with Gasteiger partial charge in [-0.05, 0) is 36.5 Å². The van der Waals surface area contributed by atoms with E-state index in [0.717, 1.165) is 36.1 Å². The molecule has 1 atom stereocenters. The highest BCUT2D eigenvalue weighted by molar-refractivity contribution is 5.38. The van der Waals surface area contributed by atoms with Gasteiger partial charge in [0.2, 0.25) is 0 Å². The molecule has 1 N–H and O–H groups in total. The van der Waals surface area contributed by atoms with Crippen molar-refractivity contribution >= 4 is 0 Å². The van der Waals surface area contributed by atoms with Crippen LogP contribution in [0.25, 0.3) is 0 Å². The molecule has 0 bridgehead atoms. The molecule has 20 heavy (non-hydrogen) atoms. The number of nitrogens with zero attached hydrogens (tertiary/aromatic N) is 2. The average Bonchev–Trinajstić information content (AvgIpc) is 2.46. The van der Waals surface area contributed by atoms with Crippen LogP contribution in [0.3, 0.4) is 0 Å². The van der Waals surface area contributed by atoms with E-state index in [1.54, 1.807) is 19.5 Å². The summed E-state index contributed by atoms with van der Waals surface area (Å²) >= 11 is 0. The zero-order valence-corrected chi connectivity index (χ0v) is 11.5. The minimum Gasteiger partial charge on any atom is -0.497 e. The summed E-state index contributed by atoms with van der Waals surface area (Å²) in [7, 11) is 1.64. The Balaban J connectivity index is 2.05. The zero-order chi connectivity index (χ0) is 14.0. The molecular weight excluding hydrogens is 252 g/mol. The topological polar surface area (TPSA) is 55.2 Å². The summed E-state index contributed by atoms with van der Waals surface area (Å²) in [4.78, 5) is 8.11. The normalized spacial score (nSPS) is 18.1. The fourth-order valence-electron chi connectivity index (χ4n) is 2.81. The number of benzene rings is 1. The van der Waals surface area contributed by atoms with Gasteiger partial charge in [0.1, 0.15) is 17.7 Å². The molecule has 1 fully saturated rings. The third-order valence-electron chi connectivity index (χ3n) is 4.23. The molecule has 1 aliphatic rings. The van der Waals surface area contributed by atoms with Crippen molar-refractivity contribution in [2.75, 3.05) is 7.11 Å². The van der Waals surface area contributed by atoms with E-state index < -0.39 is 5.60 Å². The molecule has 1 saturated carbocycles. The van der Waals surface area contributed by atoms with Gasteiger partial charge in [0.15, 0.2) is 0 Å². The van der Waals surface area contributed by atoms with E-state index in [1.165, 1.54) is 6.33 Å².